The van der Waals surface area contributed by atoms with Crippen molar-refractivity contribution in [2.24, 2.45) is 5.73 Å². The molecule has 5 aromatic rings. The number of methoxy groups -OCH3 is 1. The maximum atomic E-state index is 6.21. The molecule has 0 amide bonds. The van der Waals surface area contributed by atoms with E-state index in [4.69, 9.17) is 15.2 Å². The van der Waals surface area contributed by atoms with Crippen molar-refractivity contribution in [3.05, 3.63) is 72.6 Å². The van der Waals surface area contributed by atoms with Crippen LogP contribution in [0.1, 0.15) is 17.5 Å². The number of aryl methyl sites for hydroxylation is 1. The first-order valence-electron chi connectivity index (χ1n) is 12.2. The van der Waals surface area contributed by atoms with Gasteiger partial charge in [0.15, 0.2) is 11.5 Å². The number of aromatic nitrogens is 6. The maximum Gasteiger partial charge on any atom is 0.158 e. The zero-order valence-corrected chi connectivity index (χ0v) is 20.8. The second kappa shape index (κ2) is 9.77. The smallest absolute Gasteiger partial charge is 0.158 e. The Hall–Kier alpha value is -4.06. The number of fused-ring (bicyclic) bond motifs is 2. The summed E-state index contributed by atoms with van der Waals surface area (Å²) in [6.07, 6.45) is 7.82. The van der Waals surface area contributed by atoms with E-state index in [0.717, 1.165) is 65.6 Å². The number of hydrogen-bond acceptors (Lipinski definition) is 9. The van der Waals surface area contributed by atoms with Gasteiger partial charge in [-0.2, -0.15) is 10.2 Å². The zero-order valence-electron chi connectivity index (χ0n) is 20.8. The molecule has 190 valence electrons. The molecule has 37 heavy (non-hydrogen) atoms. The molecule has 11 nitrogen and oxygen atoms in total. The first-order chi connectivity index (χ1) is 18.1. The average Bonchev–Trinajstić information content (AvgIpc) is 3.54. The Morgan fingerprint density at radius 1 is 1.05 bits per heavy atom. The highest BCUT2D eigenvalue weighted by Gasteiger charge is 2.27. The van der Waals surface area contributed by atoms with Crippen LogP contribution < -0.4 is 15.8 Å². The van der Waals surface area contributed by atoms with Gasteiger partial charge < -0.3 is 20.5 Å². The lowest BCUT2D eigenvalue weighted by molar-refractivity contribution is 0.0142. The summed E-state index contributed by atoms with van der Waals surface area (Å²) in [5.41, 5.74) is 10.9. The second-order valence-electron chi connectivity index (χ2n) is 9.34. The highest BCUT2D eigenvalue weighted by atomic mass is 16.5. The van der Waals surface area contributed by atoms with Gasteiger partial charge in [-0.25, -0.2) is 19.0 Å². The third kappa shape index (κ3) is 4.71. The van der Waals surface area contributed by atoms with Gasteiger partial charge in [0, 0.05) is 56.9 Å². The van der Waals surface area contributed by atoms with Gasteiger partial charge in [0.1, 0.15) is 29.7 Å². The van der Waals surface area contributed by atoms with Gasteiger partial charge in [-0.05, 0) is 54.8 Å². The van der Waals surface area contributed by atoms with E-state index >= 15 is 0 Å². The van der Waals surface area contributed by atoms with Crippen molar-refractivity contribution in [1.82, 2.24) is 34.1 Å². The summed E-state index contributed by atoms with van der Waals surface area (Å²) in [6, 6.07) is 11.9. The van der Waals surface area contributed by atoms with E-state index in [1.165, 1.54) is 6.33 Å². The summed E-state index contributed by atoms with van der Waals surface area (Å²) in [4.78, 5) is 11.1. The summed E-state index contributed by atoms with van der Waals surface area (Å²) in [5.74, 6) is 2.22. The fourth-order valence-electron chi connectivity index (χ4n) is 4.84. The number of rotatable bonds is 7. The molecule has 1 aromatic carbocycles. The molecule has 0 saturated carbocycles. The molecule has 0 spiro atoms. The standard InChI is InChI=1S/C26H29N9O2/c1-17-11-19(3-4-22(17)37-20-6-10-34-24(12-20)28-15-30-34)32-26-25-18(5-9-35(25)31-16-29-26)13-33-8-7-21(27)23(14-33)36-2/h3-6,9-12,15-16,21,23H,7-8,13-14,27H2,1-2H3,(H,29,31,32)/t21-,23-/m0/s1. The van der Waals surface area contributed by atoms with Crippen molar-refractivity contribution in [3.8, 4) is 11.5 Å². The summed E-state index contributed by atoms with van der Waals surface area (Å²) < 4.78 is 15.3. The van der Waals surface area contributed by atoms with Crippen molar-refractivity contribution in [1.29, 1.82) is 0 Å². The summed E-state index contributed by atoms with van der Waals surface area (Å²) in [5, 5.41) is 12.0. The van der Waals surface area contributed by atoms with E-state index in [-0.39, 0.29) is 12.1 Å². The van der Waals surface area contributed by atoms with Crippen molar-refractivity contribution in [2.45, 2.75) is 32.0 Å². The molecule has 6 rings (SSSR count). The molecule has 0 radical (unpaired) electrons. The first kappa shape index (κ1) is 23.3. The summed E-state index contributed by atoms with van der Waals surface area (Å²) in [6.45, 7) is 4.52. The normalized spacial score (nSPS) is 18.5. The van der Waals surface area contributed by atoms with E-state index in [9.17, 15) is 0 Å². The predicted molar refractivity (Wildman–Crippen MR) is 139 cm³/mol. The van der Waals surface area contributed by atoms with Gasteiger partial charge in [0.25, 0.3) is 0 Å². The van der Waals surface area contributed by atoms with Gasteiger partial charge in [-0.1, -0.05) is 0 Å². The van der Waals surface area contributed by atoms with E-state index in [1.807, 2.05) is 54.2 Å². The van der Waals surface area contributed by atoms with Crippen LogP contribution in [-0.2, 0) is 11.3 Å². The molecule has 5 heterocycles. The molecule has 0 unspecified atom stereocenters. The van der Waals surface area contributed by atoms with Crippen LogP contribution in [0.25, 0.3) is 11.2 Å². The molecule has 1 aliphatic heterocycles. The largest absolute Gasteiger partial charge is 0.457 e. The minimum Gasteiger partial charge on any atom is -0.457 e. The Morgan fingerprint density at radius 3 is 2.76 bits per heavy atom. The molecular formula is C26H29N9O2. The van der Waals surface area contributed by atoms with E-state index in [2.05, 4.69) is 36.4 Å². The topological polar surface area (TPSA) is 120 Å². The molecule has 3 N–H and O–H groups in total. The van der Waals surface area contributed by atoms with Crippen molar-refractivity contribution >= 4 is 22.7 Å². The number of likely N-dealkylation sites (tertiary alicyclic amines) is 1. The number of anilines is 2. The minimum atomic E-state index is 0.0402. The number of nitrogens with zero attached hydrogens (tertiary/aromatic N) is 7. The van der Waals surface area contributed by atoms with E-state index in [0.29, 0.717) is 5.75 Å². The Labute approximate surface area is 213 Å². The second-order valence-corrected chi connectivity index (χ2v) is 9.34. The van der Waals surface area contributed by atoms with Crippen molar-refractivity contribution in [3.63, 3.8) is 0 Å². The number of ether oxygens (including phenoxy) is 2. The maximum absolute atomic E-state index is 6.21. The van der Waals surface area contributed by atoms with Crippen molar-refractivity contribution in [2.75, 3.05) is 25.5 Å². The third-order valence-corrected chi connectivity index (χ3v) is 6.85. The number of nitrogens with two attached hydrogens (primary N) is 1. The fourth-order valence-corrected chi connectivity index (χ4v) is 4.84. The van der Waals surface area contributed by atoms with Crippen LogP contribution in [0.2, 0.25) is 0 Å². The number of hydrogen-bond donors (Lipinski definition) is 2. The lowest BCUT2D eigenvalue weighted by Crippen LogP contribution is -2.51. The number of nitrogens with one attached hydrogen (secondary N) is 1. The van der Waals surface area contributed by atoms with Gasteiger partial charge in [-0.15, -0.1) is 0 Å². The van der Waals surface area contributed by atoms with Crippen LogP contribution in [0.4, 0.5) is 11.5 Å². The number of benzene rings is 1. The van der Waals surface area contributed by atoms with Crippen LogP contribution in [0.5, 0.6) is 11.5 Å². The molecule has 1 aliphatic rings. The Kier molecular flexibility index (Phi) is 6.16. The fraction of sp³-hybridized carbons (Fsp3) is 0.308. The van der Waals surface area contributed by atoms with Gasteiger partial charge in [0.2, 0.25) is 0 Å². The molecule has 11 heteroatoms. The van der Waals surface area contributed by atoms with Crippen LogP contribution in [0, 0.1) is 6.92 Å². The Bertz CT molecular complexity index is 1550. The molecule has 1 fully saturated rings. The number of pyridine rings is 1. The molecular weight excluding hydrogens is 470 g/mol. The SMILES string of the molecule is CO[C@H]1CN(Cc2ccn3ncnc(Nc4ccc(Oc5ccn6ncnc6c5)c(C)c4)c23)CC[C@@H]1N. The van der Waals surface area contributed by atoms with E-state index < -0.39 is 0 Å². The lowest BCUT2D eigenvalue weighted by Gasteiger charge is -2.35. The number of piperidine rings is 1. The molecule has 0 aliphatic carbocycles. The van der Waals surface area contributed by atoms with Crippen LogP contribution in [-0.4, -0.2) is 66.4 Å². The highest BCUT2D eigenvalue weighted by Crippen LogP contribution is 2.30. The molecule has 1 saturated heterocycles. The van der Waals surface area contributed by atoms with Gasteiger partial charge >= 0.3 is 0 Å². The van der Waals surface area contributed by atoms with Crippen molar-refractivity contribution < 1.29 is 9.47 Å². The summed E-state index contributed by atoms with van der Waals surface area (Å²) >= 11 is 0. The van der Waals surface area contributed by atoms with Gasteiger partial charge in [0.05, 0.1) is 6.10 Å². The van der Waals surface area contributed by atoms with Crippen LogP contribution in [0.3, 0.4) is 0 Å². The molecule has 4 aromatic heterocycles. The lowest BCUT2D eigenvalue weighted by atomic mass is 10.0. The monoisotopic (exact) mass is 499 g/mol. The molecule has 2 atom stereocenters. The zero-order chi connectivity index (χ0) is 25.4. The molecule has 0 bridgehead atoms. The van der Waals surface area contributed by atoms with E-state index in [1.54, 1.807) is 18.0 Å². The Balaban J connectivity index is 1.21. The third-order valence-electron chi connectivity index (χ3n) is 6.85. The Morgan fingerprint density at radius 2 is 1.89 bits per heavy atom. The predicted octanol–water partition coefficient (Wildman–Crippen LogP) is 3.16. The highest BCUT2D eigenvalue weighted by molar-refractivity contribution is 5.76. The first-order valence-corrected chi connectivity index (χ1v) is 12.2. The van der Waals surface area contributed by atoms with Crippen LogP contribution >= 0.6 is 0 Å². The minimum absolute atomic E-state index is 0.0402. The van der Waals surface area contributed by atoms with Gasteiger partial charge in [-0.3, -0.25) is 4.90 Å². The average molecular weight is 500 g/mol. The van der Waals surface area contributed by atoms with Crippen LogP contribution in [0.15, 0.2) is 61.4 Å². The summed E-state index contributed by atoms with van der Waals surface area (Å²) in [7, 11) is 1.73. The quantitative estimate of drug-likeness (QED) is 0.348.